The van der Waals surface area contributed by atoms with Crippen molar-refractivity contribution in [3.63, 3.8) is 0 Å². The van der Waals surface area contributed by atoms with Crippen LogP contribution in [0.2, 0.25) is 0 Å². The number of nitrogens with zero attached hydrogens (tertiary/aromatic N) is 2. The van der Waals surface area contributed by atoms with Crippen LogP contribution in [-0.4, -0.2) is 76.2 Å². The highest BCUT2D eigenvalue weighted by Crippen LogP contribution is 2.37. The zero-order chi connectivity index (χ0) is 32.0. The van der Waals surface area contributed by atoms with Crippen molar-refractivity contribution in [1.29, 1.82) is 0 Å². The molecule has 2 amide bonds. The van der Waals surface area contributed by atoms with E-state index < -0.39 is 0 Å². The zero-order valence-electron chi connectivity index (χ0n) is 29.8. The standard InChI is InChI=1S/C37H74N2O4/c1-7-9-11-13-14-15-16-17-20-25-33-43-34-37(29-26-35(40)38(3)4,30-27-36(41)39(5)6)28-22-19-18-21-24-32-42-31-23-12-10-8-2/h7-34H2,1-6H3. The SMILES string of the molecule is CCCCCCCCCCCCOCC(CCCCCCCOCCCCCC)(CCC(=O)N(C)C)CCC(=O)N(C)C. The highest BCUT2D eigenvalue weighted by Gasteiger charge is 2.32. The molecule has 0 aliphatic rings. The number of amides is 2. The first-order valence-corrected chi connectivity index (χ1v) is 18.3. The Hall–Kier alpha value is -1.14. The van der Waals surface area contributed by atoms with Gasteiger partial charge in [0.05, 0.1) is 6.61 Å². The van der Waals surface area contributed by atoms with Gasteiger partial charge in [0.1, 0.15) is 0 Å². The summed E-state index contributed by atoms with van der Waals surface area (Å²) in [7, 11) is 7.32. The van der Waals surface area contributed by atoms with Crippen LogP contribution in [0.4, 0.5) is 0 Å². The van der Waals surface area contributed by atoms with Crippen molar-refractivity contribution >= 4 is 11.8 Å². The molecule has 0 aromatic heterocycles. The summed E-state index contributed by atoms with van der Waals surface area (Å²) in [5.74, 6) is 0.320. The minimum absolute atomic E-state index is 0.128. The Morgan fingerprint density at radius 1 is 0.465 bits per heavy atom. The first kappa shape index (κ1) is 41.9. The lowest BCUT2D eigenvalue weighted by molar-refractivity contribution is -0.130. The van der Waals surface area contributed by atoms with Gasteiger partial charge in [-0.1, -0.05) is 117 Å². The summed E-state index contributed by atoms with van der Waals surface area (Å²) < 4.78 is 12.2. The first-order valence-electron chi connectivity index (χ1n) is 18.3. The van der Waals surface area contributed by atoms with Crippen molar-refractivity contribution in [1.82, 2.24) is 9.80 Å². The highest BCUT2D eigenvalue weighted by atomic mass is 16.5. The maximum atomic E-state index is 12.6. The third-order valence-electron chi connectivity index (χ3n) is 8.92. The zero-order valence-corrected chi connectivity index (χ0v) is 29.8. The van der Waals surface area contributed by atoms with Gasteiger partial charge in [-0.2, -0.15) is 0 Å². The first-order chi connectivity index (χ1) is 20.8. The summed E-state index contributed by atoms with van der Waals surface area (Å²) in [6.45, 7) is 7.72. The molecule has 0 aliphatic heterocycles. The van der Waals surface area contributed by atoms with Crippen LogP contribution in [0.1, 0.15) is 168 Å². The van der Waals surface area contributed by atoms with Gasteiger partial charge in [0, 0.05) is 60.9 Å². The molecule has 0 fully saturated rings. The normalized spacial score (nSPS) is 11.7. The van der Waals surface area contributed by atoms with Gasteiger partial charge in [-0.25, -0.2) is 0 Å². The fourth-order valence-corrected chi connectivity index (χ4v) is 5.73. The molecule has 0 saturated carbocycles. The Labute approximate surface area is 268 Å². The topological polar surface area (TPSA) is 59.1 Å². The average molecular weight is 611 g/mol. The molecule has 0 saturated heterocycles. The Morgan fingerprint density at radius 2 is 0.814 bits per heavy atom. The third kappa shape index (κ3) is 25.8. The molecule has 43 heavy (non-hydrogen) atoms. The molecule has 0 N–H and O–H groups in total. The molecule has 0 unspecified atom stereocenters. The second-order valence-corrected chi connectivity index (χ2v) is 13.5. The molecule has 6 nitrogen and oxygen atoms in total. The predicted octanol–water partition coefficient (Wildman–Crippen LogP) is 9.58. The molecule has 0 heterocycles. The van der Waals surface area contributed by atoms with E-state index in [1.54, 1.807) is 9.80 Å². The monoisotopic (exact) mass is 611 g/mol. The number of ether oxygens (including phenoxy) is 2. The number of carbonyl (C=O) groups excluding carboxylic acids is 2. The van der Waals surface area contributed by atoms with E-state index in [0.29, 0.717) is 19.4 Å². The summed E-state index contributed by atoms with van der Waals surface area (Å²) in [6, 6.07) is 0. The second kappa shape index (κ2) is 29.6. The van der Waals surface area contributed by atoms with E-state index >= 15 is 0 Å². The van der Waals surface area contributed by atoms with E-state index in [4.69, 9.17) is 9.47 Å². The number of unbranched alkanes of at least 4 members (excludes halogenated alkanes) is 16. The Balaban J connectivity index is 4.73. The lowest BCUT2D eigenvalue weighted by Crippen LogP contribution is -2.33. The van der Waals surface area contributed by atoms with Crippen LogP contribution in [0.15, 0.2) is 0 Å². The van der Waals surface area contributed by atoms with Crippen molar-refractivity contribution in [2.45, 2.75) is 168 Å². The number of carbonyl (C=O) groups is 2. The van der Waals surface area contributed by atoms with Gasteiger partial charge in [-0.3, -0.25) is 9.59 Å². The van der Waals surface area contributed by atoms with Crippen LogP contribution in [0, 0.1) is 5.41 Å². The fourth-order valence-electron chi connectivity index (χ4n) is 5.73. The van der Waals surface area contributed by atoms with Gasteiger partial charge >= 0.3 is 0 Å². The molecule has 0 spiro atoms. The Morgan fingerprint density at radius 3 is 1.23 bits per heavy atom. The molecule has 0 bridgehead atoms. The van der Waals surface area contributed by atoms with Gasteiger partial charge < -0.3 is 19.3 Å². The van der Waals surface area contributed by atoms with Crippen molar-refractivity contribution < 1.29 is 19.1 Å². The number of rotatable bonds is 32. The van der Waals surface area contributed by atoms with Gasteiger partial charge in [0.2, 0.25) is 11.8 Å². The lowest BCUT2D eigenvalue weighted by atomic mass is 9.75. The molecule has 0 aliphatic carbocycles. The minimum atomic E-state index is -0.128. The van der Waals surface area contributed by atoms with E-state index in [1.165, 1.54) is 103 Å². The summed E-state index contributed by atoms with van der Waals surface area (Å²) in [5.41, 5.74) is -0.128. The van der Waals surface area contributed by atoms with Crippen LogP contribution >= 0.6 is 0 Å². The maximum absolute atomic E-state index is 12.6. The molecular formula is C37H74N2O4. The molecule has 0 rings (SSSR count). The average Bonchev–Trinajstić information content (AvgIpc) is 2.99. The largest absolute Gasteiger partial charge is 0.381 e. The Kier molecular flexibility index (Phi) is 28.8. The van der Waals surface area contributed by atoms with Crippen LogP contribution in [-0.2, 0) is 19.1 Å². The molecule has 0 atom stereocenters. The van der Waals surface area contributed by atoms with E-state index in [0.717, 1.165) is 58.3 Å². The highest BCUT2D eigenvalue weighted by molar-refractivity contribution is 5.76. The summed E-state index contributed by atoms with van der Waals surface area (Å²) in [4.78, 5) is 28.5. The van der Waals surface area contributed by atoms with Crippen LogP contribution in [0.5, 0.6) is 0 Å². The van der Waals surface area contributed by atoms with Gasteiger partial charge in [-0.05, 0) is 43.9 Å². The van der Waals surface area contributed by atoms with E-state index in [2.05, 4.69) is 13.8 Å². The summed E-state index contributed by atoms with van der Waals surface area (Å²) >= 11 is 0. The predicted molar refractivity (Wildman–Crippen MR) is 184 cm³/mol. The number of hydrogen-bond acceptors (Lipinski definition) is 4. The third-order valence-corrected chi connectivity index (χ3v) is 8.92. The van der Waals surface area contributed by atoms with E-state index in [9.17, 15) is 9.59 Å². The van der Waals surface area contributed by atoms with Gasteiger partial charge in [0.25, 0.3) is 0 Å². The molecule has 256 valence electrons. The van der Waals surface area contributed by atoms with Gasteiger partial charge in [0.15, 0.2) is 0 Å². The molecular weight excluding hydrogens is 536 g/mol. The van der Waals surface area contributed by atoms with Crippen LogP contribution < -0.4 is 0 Å². The van der Waals surface area contributed by atoms with E-state index in [1.807, 2.05) is 28.2 Å². The quantitative estimate of drug-likeness (QED) is 0.0712. The fraction of sp³-hybridized carbons (Fsp3) is 0.946. The van der Waals surface area contributed by atoms with E-state index in [-0.39, 0.29) is 17.2 Å². The van der Waals surface area contributed by atoms with Crippen molar-refractivity contribution in [3.05, 3.63) is 0 Å². The van der Waals surface area contributed by atoms with Crippen LogP contribution in [0.3, 0.4) is 0 Å². The smallest absolute Gasteiger partial charge is 0.222 e. The number of hydrogen-bond donors (Lipinski definition) is 0. The molecule has 0 aromatic rings. The maximum Gasteiger partial charge on any atom is 0.222 e. The van der Waals surface area contributed by atoms with Gasteiger partial charge in [-0.15, -0.1) is 0 Å². The summed E-state index contributed by atoms with van der Waals surface area (Å²) in [5, 5.41) is 0. The molecule has 6 heteroatoms. The molecule has 0 radical (unpaired) electrons. The van der Waals surface area contributed by atoms with Crippen molar-refractivity contribution in [3.8, 4) is 0 Å². The van der Waals surface area contributed by atoms with Crippen molar-refractivity contribution in [2.24, 2.45) is 5.41 Å². The second-order valence-electron chi connectivity index (χ2n) is 13.5. The molecule has 0 aromatic carbocycles. The lowest BCUT2D eigenvalue weighted by Gasteiger charge is -2.34. The Bertz CT molecular complexity index is 584. The minimum Gasteiger partial charge on any atom is -0.381 e. The van der Waals surface area contributed by atoms with Crippen LogP contribution in [0.25, 0.3) is 0 Å². The summed E-state index contributed by atoms with van der Waals surface area (Å²) in [6.07, 6.45) is 27.7. The van der Waals surface area contributed by atoms with Crippen molar-refractivity contribution in [2.75, 3.05) is 54.6 Å².